The number of nitrogens with two attached hydrogens (primary N) is 1. The smallest absolute Gasteiger partial charge is 0.135 e. The standard InChI is InChI=1S/C14H27NOS.CH5N/c1-11(2)14(16)9-8-13(15-17)10-12-6-4-3-5-7-12;1-2/h11-13,15,17H,3-10H2,1-2H3;2H2,1H3. The van der Waals surface area contributed by atoms with Gasteiger partial charge in [-0.15, -0.1) is 0 Å². The lowest BCUT2D eigenvalue weighted by atomic mass is 9.84. The molecule has 0 spiro atoms. The van der Waals surface area contributed by atoms with E-state index in [1.165, 1.54) is 45.6 Å². The number of carbonyl (C=O) groups excluding carboxylic acids is 1. The van der Waals surface area contributed by atoms with Crippen molar-refractivity contribution in [1.82, 2.24) is 4.72 Å². The van der Waals surface area contributed by atoms with E-state index >= 15 is 0 Å². The first-order chi connectivity index (χ1) is 9.13. The van der Waals surface area contributed by atoms with E-state index in [4.69, 9.17) is 0 Å². The molecular weight excluding hydrogens is 256 g/mol. The zero-order valence-electron chi connectivity index (χ0n) is 12.8. The van der Waals surface area contributed by atoms with Gasteiger partial charge in [0, 0.05) is 18.4 Å². The molecule has 0 saturated heterocycles. The van der Waals surface area contributed by atoms with Crippen molar-refractivity contribution in [3.8, 4) is 0 Å². The number of carbonyl (C=O) groups is 1. The van der Waals surface area contributed by atoms with Crippen molar-refractivity contribution in [1.29, 1.82) is 0 Å². The topological polar surface area (TPSA) is 55.1 Å². The first kappa shape index (κ1) is 18.9. The predicted molar refractivity (Wildman–Crippen MR) is 86.3 cm³/mol. The summed E-state index contributed by atoms with van der Waals surface area (Å²) in [6, 6.07) is 0.407. The van der Waals surface area contributed by atoms with Crippen LogP contribution in [0.3, 0.4) is 0 Å². The molecule has 1 unspecified atom stereocenters. The molecule has 0 aromatic heterocycles. The van der Waals surface area contributed by atoms with E-state index in [0.29, 0.717) is 18.2 Å². The van der Waals surface area contributed by atoms with Gasteiger partial charge in [0.05, 0.1) is 0 Å². The number of ketones is 1. The van der Waals surface area contributed by atoms with Gasteiger partial charge in [0.25, 0.3) is 0 Å². The highest BCUT2D eigenvalue weighted by molar-refractivity contribution is 7.78. The van der Waals surface area contributed by atoms with Crippen molar-refractivity contribution in [2.45, 2.75) is 71.3 Å². The third-order valence-electron chi connectivity index (χ3n) is 3.91. The molecule has 1 saturated carbocycles. The quantitative estimate of drug-likeness (QED) is 0.630. The fraction of sp³-hybridized carbons (Fsp3) is 0.933. The van der Waals surface area contributed by atoms with Gasteiger partial charge < -0.3 is 5.73 Å². The van der Waals surface area contributed by atoms with Crippen LogP contribution in [0.5, 0.6) is 0 Å². The van der Waals surface area contributed by atoms with E-state index in [1.807, 2.05) is 13.8 Å². The van der Waals surface area contributed by atoms with Crippen molar-refractivity contribution in [3.05, 3.63) is 0 Å². The molecule has 0 aromatic rings. The first-order valence-corrected chi connectivity index (χ1v) is 8.08. The Kier molecular flexibility index (Phi) is 11.7. The van der Waals surface area contributed by atoms with Gasteiger partial charge in [0.15, 0.2) is 0 Å². The molecular formula is C15H32N2OS. The van der Waals surface area contributed by atoms with Crippen LogP contribution < -0.4 is 10.5 Å². The molecule has 0 bridgehead atoms. The number of thiol groups is 1. The van der Waals surface area contributed by atoms with Crippen molar-refractivity contribution in [2.24, 2.45) is 17.6 Å². The second kappa shape index (κ2) is 11.7. The lowest BCUT2D eigenvalue weighted by Crippen LogP contribution is -2.26. The van der Waals surface area contributed by atoms with Gasteiger partial charge in [0.1, 0.15) is 5.78 Å². The van der Waals surface area contributed by atoms with Crippen molar-refractivity contribution in [2.75, 3.05) is 7.05 Å². The Morgan fingerprint density at radius 3 is 2.32 bits per heavy atom. The minimum atomic E-state index is 0.172. The Bertz CT molecular complexity index is 228. The summed E-state index contributed by atoms with van der Waals surface area (Å²) >= 11 is 4.21. The molecule has 1 aliphatic rings. The number of hydrogen-bond donors (Lipinski definition) is 3. The van der Waals surface area contributed by atoms with Crippen LogP contribution in [0.4, 0.5) is 0 Å². The molecule has 0 amide bonds. The van der Waals surface area contributed by atoms with Crippen LogP contribution >= 0.6 is 12.8 Å². The third-order valence-corrected chi connectivity index (χ3v) is 4.27. The molecule has 1 rings (SSSR count). The van der Waals surface area contributed by atoms with E-state index in [9.17, 15) is 4.79 Å². The predicted octanol–water partition coefficient (Wildman–Crippen LogP) is 3.34. The number of nitrogens with one attached hydrogen (secondary N) is 1. The minimum Gasteiger partial charge on any atom is -0.333 e. The summed E-state index contributed by atoms with van der Waals surface area (Å²) in [7, 11) is 1.50. The van der Waals surface area contributed by atoms with Crippen LogP contribution in [0, 0.1) is 11.8 Å². The molecule has 0 heterocycles. The average molecular weight is 289 g/mol. The Labute approximate surface area is 124 Å². The lowest BCUT2D eigenvalue weighted by molar-refractivity contribution is -0.122. The summed E-state index contributed by atoms with van der Waals surface area (Å²) in [5.41, 5.74) is 4.50. The van der Waals surface area contributed by atoms with Gasteiger partial charge in [-0.25, -0.2) is 0 Å². The highest BCUT2D eigenvalue weighted by Gasteiger charge is 2.19. The van der Waals surface area contributed by atoms with E-state index in [1.54, 1.807) is 0 Å². The van der Waals surface area contributed by atoms with Gasteiger partial charge in [0.2, 0.25) is 0 Å². The molecule has 19 heavy (non-hydrogen) atoms. The molecule has 1 aliphatic carbocycles. The van der Waals surface area contributed by atoms with E-state index in [-0.39, 0.29) is 5.92 Å². The van der Waals surface area contributed by atoms with Crippen molar-refractivity contribution >= 4 is 18.6 Å². The fourth-order valence-electron chi connectivity index (χ4n) is 2.67. The summed E-state index contributed by atoms with van der Waals surface area (Å²) in [5, 5.41) is 0. The molecule has 1 atom stereocenters. The summed E-state index contributed by atoms with van der Waals surface area (Å²) < 4.78 is 3.09. The molecule has 4 heteroatoms. The maximum atomic E-state index is 11.6. The second-order valence-corrected chi connectivity index (χ2v) is 5.98. The molecule has 0 aromatic carbocycles. The summed E-state index contributed by atoms with van der Waals surface area (Å²) in [6.07, 6.45) is 9.73. The molecule has 3 nitrogen and oxygen atoms in total. The Morgan fingerprint density at radius 2 is 1.84 bits per heavy atom. The summed E-state index contributed by atoms with van der Waals surface area (Å²) in [6.45, 7) is 3.96. The first-order valence-electron chi connectivity index (χ1n) is 7.63. The molecule has 0 aliphatic heterocycles. The highest BCUT2D eigenvalue weighted by atomic mass is 32.1. The SMILES string of the molecule is CC(C)C(=O)CCC(CC1CCCCC1)NS.CN. The van der Waals surface area contributed by atoms with Gasteiger partial charge in [-0.05, 0) is 25.8 Å². The van der Waals surface area contributed by atoms with Gasteiger partial charge >= 0.3 is 0 Å². The zero-order chi connectivity index (χ0) is 14.7. The normalized spacial score (nSPS) is 17.8. The molecule has 1 fully saturated rings. The van der Waals surface area contributed by atoms with Gasteiger partial charge in [-0.3, -0.25) is 9.52 Å². The Balaban J connectivity index is 0.00000154. The highest BCUT2D eigenvalue weighted by Crippen LogP contribution is 2.28. The fourth-order valence-corrected chi connectivity index (χ4v) is 2.90. The number of rotatable bonds is 7. The van der Waals surface area contributed by atoms with Crippen LogP contribution in [0.25, 0.3) is 0 Å². The van der Waals surface area contributed by atoms with Crippen LogP contribution in [0.1, 0.15) is 65.2 Å². The van der Waals surface area contributed by atoms with Crippen molar-refractivity contribution in [3.63, 3.8) is 0 Å². The van der Waals surface area contributed by atoms with E-state index in [0.717, 1.165) is 12.3 Å². The minimum absolute atomic E-state index is 0.172. The Morgan fingerprint density at radius 1 is 1.26 bits per heavy atom. The third kappa shape index (κ3) is 8.66. The van der Waals surface area contributed by atoms with Gasteiger partial charge in [-0.1, -0.05) is 58.8 Å². The van der Waals surface area contributed by atoms with Crippen molar-refractivity contribution < 1.29 is 4.79 Å². The van der Waals surface area contributed by atoms with Gasteiger partial charge in [-0.2, -0.15) is 0 Å². The summed E-state index contributed by atoms with van der Waals surface area (Å²) in [5.74, 6) is 1.40. The van der Waals surface area contributed by atoms with Crippen LogP contribution in [-0.4, -0.2) is 18.9 Å². The monoisotopic (exact) mass is 288 g/mol. The number of hydrogen-bond acceptors (Lipinski definition) is 4. The van der Waals surface area contributed by atoms with Crippen LogP contribution in [-0.2, 0) is 4.79 Å². The zero-order valence-corrected chi connectivity index (χ0v) is 13.7. The van der Waals surface area contributed by atoms with Crippen LogP contribution in [0.15, 0.2) is 0 Å². The van der Waals surface area contributed by atoms with Crippen LogP contribution in [0.2, 0.25) is 0 Å². The Hall–Kier alpha value is -0.0600. The molecule has 3 N–H and O–H groups in total. The maximum absolute atomic E-state index is 11.6. The average Bonchev–Trinajstić information content (AvgIpc) is 2.46. The molecule has 0 radical (unpaired) electrons. The van der Waals surface area contributed by atoms with E-state index < -0.39 is 0 Å². The largest absolute Gasteiger partial charge is 0.333 e. The summed E-state index contributed by atoms with van der Waals surface area (Å²) in [4.78, 5) is 11.6. The maximum Gasteiger partial charge on any atom is 0.135 e. The molecule has 114 valence electrons. The second-order valence-electron chi connectivity index (χ2n) is 5.73. The number of Topliss-reactive ketones (excluding diaryl/α,β-unsaturated/α-hetero) is 1. The van der Waals surface area contributed by atoms with E-state index in [2.05, 4.69) is 23.3 Å². The lowest BCUT2D eigenvalue weighted by Gasteiger charge is -2.26.